The third-order valence-electron chi connectivity index (χ3n) is 4.77. The van der Waals surface area contributed by atoms with E-state index in [4.69, 9.17) is 0 Å². The highest BCUT2D eigenvalue weighted by atomic mass is 19.4. The van der Waals surface area contributed by atoms with Gasteiger partial charge in [0.15, 0.2) is 5.82 Å². The summed E-state index contributed by atoms with van der Waals surface area (Å²) in [5.74, 6) is -1.71. The summed E-state index contributed by atoms with van der Waals surface area (Å²) < 4.78 is 41.0. The van der Waals surface area contributed by atoms with Crippen molar-refractivity contribution in [3.63, 3.8) is 0 Å². The van der Waals surface area contributed by atoms with E-state index in [1.165, 1.54) is 43.0 Å². The number of alkyl halides is 3. The monoisotopic (exact) mass is 449 g/mol. The van der Waals surface area contributed by atoms with Crippen LogP contribution in [0.2, 0.25) is 0 Å². The van der Waals surface area contributed by atoms with Gasteiger partial charge in [-0.3, -0.25) is 14.5 Å². The molecule has 2 heterocycles. The lowest BCUT2D eigenvalue weighted by atomic mass is 9.84. The zero-order chi connectivity index (χ0) is 23.7. The van der Waals surface area contributed by atoms with Gasteiger partial charge in [-0.05, 0) is 50.1 Å². The van der Waals surface area contributed by atoms with E-state index in [0.29, 0.717) is 17.1 Å². The number of aliphatic hydroxyl groups is 1. The number of benzene rings is 1. The Kier molecular flexibility index (Phi) is 6.27. The lowest BCUT2D eigenvalue weighted by Gasteiger charge is -2.29. The number of rotatable bonds is 5. The lowest BCUT2D eigenvalue weighted by molar-refractivity contribution is -0.274. The molecule has 32 heavy (non-hydrogen) atoms. The molecule has 1 aliphatic rings. The maximum absolute atomic E-state index is 12.9. The summed E-state index contributed by atoms with van der Waals surface area (Å²) in [7, 11) is 0. The summed E-state index contributed by atoms with van der Waals surface area (Å²) >= 11 is 0. The Bertz CT molecular complexity index is 1040. The van der Waals surface area contributed by atoms with Crippen LogP contribution in [0, 0.1) is 6.92 Å². The molecule has 0 saturated heterocycles. The molecule has 0 saturated carbocycles. The summed E-state index contributed by atoms with van der Waals surface area (Å²) in [4.78, 5) is 30.3. The van der Waals surface area contributed by atoms with Gasteiger partial charge in [-0.1, -0.05) is 18.2 Å². The summed E-state index contributed by atoms with van der Waals surface area (Å²) in [6.07, 6.45) is -0.577. The van der Waals surface area contributed by atoms with Crippen LogP contribution in [0.4, 0.5) is 24.7 Å². The molecule has 10 heteroatoms. The summed E-state index contributed by atoms with van der Waals surface area (Å²) in [5.41, 5.74) is 0.369. The first-order chi connectivity index (χ1) is 14.8. The number of carbonyl (C=O) groups is 2. The highest BCUT2D eigenvalue weighted by molar-refractivity contribution is 6.12. The standard InChI is InChI=1S/C22H22F3N3O4/c1-13-10-17-20(26-11-13)28(12-18(29)27-17)19(30)9-8-16(21(2,3)31)14-4-6-15(7-5-14)32-22(23,24)25/h4-11,16,31H,12H2,1-3H3,(H,27,29)/b9-8-. The van der Waals surface area contributed by atoms with Crippen molar-refractivity contribution >= 4 is 23.3 Å². The third kappa shape index (κ3) is 5.64. The SMILES string of the molecule is Cc1cnc2c(c1)NC(=O)CN2C(=O)/C=C\C(c1ccc(OC(F)(F)F)cc1)C(C)(C)O. The number of nitrogens with one attached hydrogen (secondary N) is 1. The van der Waals surface area contributed by atoms with Gasteiger partial charge in [-0.2, -0.15) is 0 Å². The molecule has 170 valence electrons. The van der Waals surface area contributed by atoms with E-state index in [-0.39, 0.29) is 12.5 Å². The summed E-state index contributed by atoms with van der Waals surface area (Å²) in [6, 6.07) is 6.73. The van der Waals surface area contributed by atoms with Crippen LogP contribution in [0.15, 0.2) is 48.7 Å². The van der Waals surface area contributed by atoms with Gasteiger partial charge in [0.05, 0.1) is 11.3 Å². The molecule has 1 aliphatic heterocycles. The minimum atomic E-state index is -4.81. The molecule has 1 aromatic heterocycles. The topological polar surface area (TPSA) is 91.8 Å². The second-order valence-electron chi connectivity index (χ2n) is 7.96. The van der Waals surface area contributed by atoms with Gasteiger partial charge in [-0.15, -0.1) is 13.2 Å². The summed E-state index contributed by atoms with van der Waals surface area (Å²) in [6.45, 7) is 4.61. The predicted molar refractivity (Wildman–Crippen MR) is 111 cm³/mol. The Labute approximate surface area is 182 Å². The molecule has 1 atom stereocenters. The maximum Gasteiger partial charge on any atom is 0.573 e. The van der Waals surface area contributed by atoms with Crippen LogP contribution >= 0.6 is 0 Å². The highest BCUT2D eigenvalue weighted by Crippen LogP contribution is 2.33. The molecule has 3 rings (SSSR count). The number of aromatic nitrogens is 1. The molecule has 7 nitrogen and oxygen atoms in total. The van der Waals surface area contributed by atoms with Crippen LogP contribution < -0.4 is 15.0 Å². The molecule has 0 fully saturated rings. The number of nitrogens with zero attached hydrogens (tertiary/aromatic N) is 2. The van der Waals surface area contributed by atoms with Crippen LogP contribution in [0.1, 0.15) is 30.9 Å². The number of hydrogen-bond acceptors (Lipinski definition) is 5. The zero-order valence-corrected chi connectivity index (χ0v) is 17.6. The molecule has 2 aromatic rings. The van der Waals surface area contributed by atoms with E-state index in [2.05, 4.69) is 15.0 Å². The van der Waals surface area contributed by atoms with Gasteiger partial charge in [0, 0.05) is 18.2 Å². The first kappa shape index (κ1) is 23.3. The minimum Gasteiger partial charge on any atom is -0.406 e. The molecular weight excluding hydrogens is 427 g/mol. The normalized spacial score (nSPS) is 15.3. The number of aryl methyl sites for hydroxylation is 1. The van der Waals surface area contributed by atoms with E-state index >= 15 is 0 Å². The van der Waals surface area contributed by atoms with Gasteiger partial charge in [0.25, 0.3) is 5.91 Å². The average molecular weight is 449 g/mol. The minimum absolute atomic E-state index is 0.219. The quantitative estimate of drug-likeness (QED) is 0.680. The second-order valence-corrected chi connectivity index (χ2v) is 7.96. The number of anilines is 2. The smallest absolute Gasteiger partial charge is 0.406 e. The average Bonchev–Trinajstić information content (AvgIpc) is 2.66. The fourth-order valence-electron chi connectivity index (χ4n) is 3.36. The number of fused-ring (bicyclic) bond motifs is 1. The number of amides is 2. The molecule has 0 bridgehead atoms. The van der Waals surface area contributed by atoms with Crippen LogP contribution in [0.5, 0.6) is 5.75 Å². The molecule has 2 N–H and O–H groups in total. The van der Waals surface area contributed by atoms with E-state index in [0.717, 1.165) is 17.7 Å². The van der Waals surface area contributed by atoms with E-state index in [1.807, 2.05) is 0 Å². The lowest BCUT2D eigenvalue weighted by Crippen LogP contribution is -2.42. The molecule has 0 spiro atoms. The van der Waals surface area contributed by atoms with Crippen molar-refractivity contribution in [1.82, 2.24) is 4.98 Å². The molecular formula is C22H22F3N3O4. The van der Waals surface area contributed by atoms with Crippen molar-refractivity contribution in [2.45, 2.75) is 38.7 Å². The van der Waals surface area contributed by atoms with Crippen molar-refractivity contribution in [1.29, 1.82) is 0 Å². The molecule has 1 unspecified atom stereocenters. The predicted octanol–water partition coefficient (Wildman–Crippen LogP) is 3.68. The van der Waals surface area contributed by atoms with Crippen LogP contribution in [-0.2, 0) is 9.59 Å². The first-order valence-electron chi connectivity index (χ1n) is 9.68. The third-order valence-corrected chi connectivity index (χ3v) is 4.77. The van der Waals surface area contributed by atoms with Gasteiger partial charge in [0.2, 0.25) is 5.91 Å². The number of ether oxygens (including phenoxy) is 1. The molecule has 0 aliphatic carbocycles. The number of pyridine rings is 1. The Morgan fingerprint density at radius 2 is 1.94 bits per heavy atom. The Hall–Kier alpha value is -3.40. The van der Waals surface area contributed by atoms with Crippen LogP contribution in [0.25, 0.3) is 0 Å². The molecule has 1 aromatic carbocycles. The summed E-state index contributed by atoms with van der Waals surface area (Å²) in [5, 5.41) is 13.2. The fourth-order valence-corrected chi connectivity index (χ4v) is 3.36. The van der Waals surface area contributed by atoms with Gasteiger partial charge in [-0.25, -0.2) is 4.98 Å². The first-order valence-corrected chi connectivity index (χ1v) is 9.68. The number of hydrogen-bond donors (Lipinski definition) is 2. The Morgan fingerprint density at radius 3 is 2.53 bits per heavy atom. The fraction of sp³-hybridized carbons (Fsp3) is 0.318. The van der Waals surface area contributed by atoms with Gasteiger partial charge >= 0.3 is 6.36 Å². The Morgan fingerprint density at radius 1 is 1.28 bits per heavy atom. The van der Waals surface area contributed by atoms with Crippen molar-refractivity contribution in [2.24, 2.45) is 0 Å². The van der Waals surface area contributed by atoms with E-state index < -0.39 is 29.5 Å². The van der Waals surface area contributed by atoms with Crippen molar-refractivity contribution in [2.75, 3.05) is 16.8 Å². The van der Waals surface area contributed by atoms with Crippen molar-refractivity contribution < 1.29 is 32.6 Å². The van der Waals surface area contributed by atoms with Crippen molar-refractivity contribution in [3.8, 4) is 5.75 Å². The Balaban J connectivity index is 1.85. The van der Waals surface area contributed by atoms with Crippen molar-refractivity contribution in [3.05, 3.63) is 59.8 Å². The van der Waals surface area contributed by atoms with E-state index in [9.17, 15) is 27.9 Å². The molecule has 2 amide bonds. The van der Waals surface area contributed by atoms with E-state index in [1.54, 1.807) is 19.2 Å². The second kappa shape index (κ2) is 8.62. The number of halogens is 3. The maximum atomic E-state index is 12.9. The van der Waals surface area contributed by atoms with Crippen LogP contribution in [0.3, 0.4) is 0 Å². The van der Waals surface area contributed by atoms with Gasteiger partial charge in [0.1, 0.15) is 12.3 Å². The van der Waals surface area contributed by atoms with Gasteiger partial charge < -0.3 is 15.2 Å². The number of carbonyl (C=O) groups excluding carboxylic acids is 2. The largest absolute Gasteiger partial charge is 0.573 e. The van der Waals surface area contributed by atoms with Crippen LogP contribution in [-0.4, -0.2) is 40.4 Å². The zero-order valence-electron chi connectivity index (χ0n) is 17.6. The molecule has 0 radical (unpaired) electrons. The highest BCUT2D eigenvalue weighted by Gasteiger charge is 2.32.